The van der Waals surface area contributed by atoms with Crippen LogP contribution >= 0.6 is 0 Å². The molecule has 0 saturated heterocycles. The quantitative estimate of drug-likeness (QED) is 0.696. The molecule has 3 nitrogen and oxygen atoms in total. The van der Waals surface area contributed by atoms with Crippen molar-refractivity contribution in [2.24, 2.45) is 0 Å². The Labute approximate surface area is 139 Å². The average molecular weight is 310 g/mol. The molecule has 1 amide bonds. The van der Waals surface area contributed by atoms with Gasteiger partial charge in [0.25, 0.3) is 0 Å². The zero-order chi connectivity index (χ0) is 16.3. The van der Waals surface area contributed by atoms with Crippen LogP contribution in [0.1, 0.15) is 36.9 Å². The van der Waals surface area contributed by atoms with Gasteiger partial charge in [-0.3, -0.25) is 4.79 Å². The molecule has 1 atom stereocenters. The molecule has 0 saturated carbocycles. The first kappa shape index (κ1) is 17.2. The van der Waals surface area contributed by atoms with Crippen molar-refractivity contribution < 1.29 is 4.79 Å². The third-order valence-electron chi connectivity index (χ3n) is 3.87. The van der Waals surface area contributed by atoms with E-state index in [4.69, 9.17) is 0 Å². The fraction of sp³-hybridized carbons (Fsp3) is 0.350. The predicted molar refractivity (Wildman–Crippen MR) is 95.2 cm³/mol. The summed E-state index contributed by atoms with van der Waals surface area (Å²) in [4.78, 5) is 11.9. The van der Waals surface area contributed by atoms with E-state index in [1.54, 1.807) is 0 Å². The van der Waals surface area contributed by atoms with Crippen molar-refractivity contribution in [3.05, 3.63) is 71.8 Å². The minimum absolute atomic E-state index is 0.0572. The van der Waals surface area contributed by atoms with Gasteiger partial charge in [-0.2, -0.15) is 0 Å². The van der Waals surface area contributed by atoms with Crippen molar-refractivity contribution in [1.82, 2.24) is 10.6 Å². The first-order valence-corrected chi connectivity index (χ1v) is 8.34. The summed E-state index contributed by atoms with van der Waals surface area (Å²) in [5.74, 6) is 0.0944. The highest BCUT2D eigenvalue weighted by Crippen LogP contribution is 2.10. The molecule has 2 aromatic carbocycles. The van der Waals surface area contributed by atoms with Gasteiger partial charge in [-0.15, -0.1) is 0 Å². The number of nitrogens with one attached hydrogen (secondary N) is 2. The van der Waals surface area contributed by atoms with E-state index in [2.05, 4.69) is 34.9 Å². The standard InChI is InChI=1S/C20H26N2O/c1-17(19-12-6-3-7-13-19)22-20(23)14-16-21-15-8-11-18-9-4-2-5-10-18/h2-7,9-10,12-13,17,21H,8,11,14-16H2,1H3,(H,22,23). The summed E-state index contributed by atoms with van der Waals surface area (Å²) in [6.45, 7) is 3.68. The van der Waals surface area contributed by atoms with Gasteiger partial charge in [0.05, 0.1) is 6.04 Å². The average Bonchev–Trinajstić information content (AvgIpc) is 2.59. The van der Waals surface area contributed by atoms with Crippen molar-refractivity contribution in [2.75, 3.05) is 13.1 Å². The Kier molecular flexibility index (Phi) is 7.34. The summed E-state index contributed by atoms with van der Waals surface area (Å²) in [5, 5.41) is 6.37. The summed E-state index contributed by atoms with van der Waals surface area (Å²) in [6, 6.07) is 20.6. The molecule has 1 unspecified atom stereocenters. The maximum absolute atomic E-state index is 11.9. The van der Waals surface area contributed by atoms with Crippen LogP contribution in [-0.4, -0.2) is 19.0 Å². The van der Waals surface area contributed by atoms with Gasteiger partial charge in [-0.05, 0) is 37.4 Å². The fourth-order valence-corrected chi connectivity index (χ4v) is 2.53. The smallest absolute Gasteiger partial charge is 0.221 e. The normalized spacial score (nSPS) is 11.9. The molecule has 0 heterocycles. The monoisotopic (exact) mass is 310 g/mol. The van der Waals surface area contributed by atoms with Crippen LogP contribution in [-0.2, 0) is 11.2 Å². The second-order valence-electron chi connectivity index (χ2n) is 5.79. The molecule has 2 N–H and O–H groups in total. The van der Waals surface area contributed by atoms with E-state index in [1.807, 2.05) is 43.3 Å². The zero-order valence-electron chi connectivity index (χ0n) is 13.8. The molecule has 0 fully saturated rings. The SMILES string of the molecule is CC(NC(=O)CCNCCCc1ccccc1)c1ccccc1. The zero-order valence-corrected chi connectivity index (χ0v) is 13.8. The second-order valence-corrected chi connectivity index (χ2v) is 5.79. The van der Waals surface area contributed by atoms with E-state index < -0.39 is 0 Å². The van der Waals surface area contributed by atoms with Gasteiger partial charge in [0.1, 0.15) is 0 Å². The highest BCUT2D eigenvalue weighted by atomic mass is 16.1. The molecule has 0 radical (unpaired) electrons. The minimum atomic E-state index is 0.0572. The highest BCUT2D eigenvalue weighted by Gasteiger charge is 2.08. The van der Waals surface area contributed by atoms with Gasteiger partial charge in [0.2, 0.25) is 5.91 Å². The van der Waals surface area contributed by atoms with E-state index in [0.717, 1.165) is 31.5 Å². The van der Waals surface area contributed by atoms with E-state index in [1.165, 1.54) is 5.56 Å². The molecule has 0 aliphatic heterocycles. The summed E-state index contributed by atoms with van der Waals surface area (Å²) in [6.07, 6.45) is 2.68. The Morgan fingerprint density at radius 3 is 2.30 bits per heavy atom. The first-order valence-electron chi connectivity index (χ1n) is 8.34. The lowest BCUT2D eigenvalue weighted by atomic mass is 10.1. The fourth-order valence-electron chi connectivity index (χ4n) is 2.53. The van der Waals surface area contributed by atoms with Crippen molar-refractivity contribution in [3.63, 3.8) is 0 Å². The van der Waals surface area contributed by atoms with Crippen molar-refractivity contribution in [2.45, 2.75) is 32.2 Å². The summed E-state index contributed by atoms with van der Waals surface area (Å²) < 4.78 is 0. The Hall–Kier alpha value is -2.13. The number of amides is 1. The summed E-state index contributed by atoms with van der Waals surface area (Å²) in [7, 11) is 0. The molecular weight excluding hydrogens is 284 g/mol. The van der Waals surface area contributed by atoms with Crippen molar-refractivity contribution in [3.8, 4) is 0 Å². The number of hydrogen-bond acceptors (Lipinski definition) is 2. The topological polar surface area (TPSA) is 41.1 Å². The lowest BCUT2D eigenvalue weighted by molar-refractivity contribution is -0.121. The minimum Gasteiger partial charge on any atom is -0.350 e. The van der Waals surface area contributed by atoms with Gasteiger partial charge in [0, 0.05) is 13.0 Å². The Morgan fingerprint density at radius 1 is 0.957 bits per heavy atom. The number of carbonyl (C=O) groups is 1. The third kappa shape index (κ3) is 6.66. The Bertz CT molecular complexity index is 569. The molecule has 2 aromatic rings. The first-order chi connectivity index (χ1) is 11.3. The van der Waals surface area contributed by atoms with Crippen LogP contribution in [0.2, 0.25) is 0 Å². The van der Waals surface area contributed by atoms with Gasteiger partial charge in [-0.1, -0.05) is 60.7 Å². The lowest BCUT2D eigenvalue weighted by Crippen LogP contribution is -2.30. The predicted octanol–water partition coefficient (Wildman–Crippen LogP) is 3.48. The number of benzene rings is 2. The molecule has 3 heteroatoms. The van der Waals surface area contributed by atoms with Crippen LogP contribution in [0, 0.1) is 0 Å². The lowest BCUT2D eigenvalue weighted by Gasteiger charge is -2.14. The van der Waals surface area contributed by atoms with Gasteiger partial charge < -0.3 is 10.6 Å². The Balaban J connectivity index is 1.55. The van der Waals surface area contributed by atoms with Crippen LogP contribution in [0.3, 0.4) is 0 Å². The second kappa shape index (κ2) is 9.80. The summed E-state index contributed by atoms with van der Waals surface area (Å²) >= 11 is 0. The van der Waals surface area contributed by atoms with E-state index in [0.29, 0.717) is 6.42 Å². The maximum atomic E-state index is 11.9. The van der Waals surface area contributed by atoms with E-state index in [9.17, 15) is 4.79 Å². The van der Waals surface area contributed by atoms with Crippen LogP contribution < -0.4 is 10.6 Å². The van der Waals surface area contributed by atoms with Crippen LogP contribution in [0.4, 0.5) is 0 Å². The van der Waals surface area contributed by atoms with Crippen LogP contribution in [0.25, 0.3) is 0 Å². The van der Waals surface area contributed by atoms with Crippen LogP contribution in [0.5, 0.6) is 0 Å². The molecule has 0 bridgehead atoms. The third-order valence-corrected chi connectivity index (χ3v) is 3.87. The Morgan fingerprint density at radius 2 is 1.61 bits per heavy atom. The molecule has 0 aliphatic rings. The number of carbonyl (C=O) groups excluding carboxylic acids is 1. The highest BCUT2D eigenvalue weighted by molar-refractivity contribution is 5.76. The molecule has 2 rings (SSSR count). The van der Waals surface area contributed by atoms with Gasteiger partial charge in [0.15, 0.2) is 0 Å². The molecule has 0 aliphatic carbocycles. The molecule has 23 heavy (non-hydrogen) atoms. The molecule has 0 aromatic heterocycles. The van der Waals surface area contributed by atoms with Crippen molar-refractivity contribution >= 4 is 5.91 Å². The maximum Gasteiger partial charge on any atom is 0.221 e. The van der Waals surface area contributed by atoms with Gasteiger partial charge >= 0.3 is 0 Å². The number of rotatable bonds is 9. The largest absolute Gasteiger partial charge is 0.350 e. The molecule has 0 spiro atoms. The summed E-state index contributed by atoms with van der Waals surface area (Å²) in [5.41, 5.74) is 2.50. The number of aryl methyl sites for hydroxylation is 1. The molecular formula is C20H26N2O. The van der Waals surface area contributed by atoms with Gasteiger partial charge in [-0.25, -0.2) is 0 Å². The van der Waals surface area contributed by atoms with E-state index in [-0.39, 0.29) is 11.9 Å². The van der Waals surface area contributed by atoms with Crippen molar-refractivity contribution in [1.29, 1.82) is 0 Å². The number of hydrogen-bond donors (Lipinski definition) is 2. The van der Waals surface area contributed by atoms with E-state index >= 15 is 0 Å². The molecule has 122 valence electrons. The van der Waals surface area contributed by atoms with Crippen LogP contribution in [0.15, 0.2) is 60.7 Å².